The molecule has 0 aliphatic heterocycles. The number of ether oxygens (including phenoxy) is 1. The molecule has 232 valence electrons. The Hall–Kier alpha value is -3.58. The maximum atomic E-state index is 12.3. The van der Waals surface area contributed by atoms with Crippen LogP contribution < -0.4 is 10.1 Å². The molecule has 0 radical (unpaired) electrons. The van der Waals surface area contributed by atoms with E-state index in [4.69, 9.17) is 37.3 Å². The summed E-state index contributed by atoms with van der Waals surface area (Å²) in [5, 5.41) is 3.93. The fourth-order valence-corrected chi connectivity index (χ4v) is 5.45. The molecular weight excluding hydrogens is 593 g/mol. The number of nitrogens with one attached hydrogen (secondary N) is 1. The molecular formula is C36H42Cl2N3O3+. The summed E-state index contributed by atoms with van der Waals surface area (Å²) in [6, 6.07) is 15.7. The minimum absolute atomic E-state index is 0.0929. The first kappa shape index (κ1) is 33.3. The van der Waals surface area contributed by atoms with Crippen LogP contribution in [0.25, 0.3) is 33.7 Å². The van der Waals surface area contributed by atoms with Gasteiger partial charge >= 0.3 is 0 Å². The Morgan fingerprint density at radius 1 is 1.00 bits per heavy atom. The predicted molar refractivity (Wildman–Crippen MR) is 183 cm³/mol. The van der Waals surface area contributed by atoms with E-state index < -0.39 is 0 Å². The van der Waals surface area contributed by atoms with E-state index in [2.05, 4.69) is 57.7 Å². The van der Waals surface area contributed by atoms with Gasteiger partial charge in [-0.3, -0.25) is 4.79 Å². The Labute approximate surface area is 270 Å². The van der Waals surface area contributed by atoms with E-state index >= 15 is 0 Å². The Kier molecular flexibility index (Phi) is 11.7. The average molecular weight is 636 g/mol. The number of oxazole rings is 1. The Morgan fingerprint density at radius 3 is 2.50 bits per heavy atom. The molecule has 3 aromatic carbocycles. The average Bonchev–Trinajstić information content (AvgIpc) is 3.41. The SMILES string of the molecule is C=CCc1cc(-c2ccc(OCCC[N+](C)(C)CC(=O)NCCCC)c(CC=C)c2)c2oc(-c3ccc(Cl)c(Cl)c3)nc2c1. The number of amides is 1. The molecule has 4 rings (SSSR count). The van der Waals surface area contributed by atoms with Crippen molar-refractivity contribution in [3.05, 3.63) is 95.0 Å². The number of carbonyl (C=O) groups excluding carboxylic acids is 1. The minimum Gasteiger partial charge on any atom is -0.493 e. The van der Waals surface area contributed by atoms with E-state index in [-0.39, 0.29) is 5.91 Å². The van der Waals surface area contributed by atoms with Gasteiger partial charge in [-0.1, -0.05) is 54.8 Å². The molecule has 1 heterocycles. The number of aromatic nitrogens is 1. The number of quaternary nitrogens is 1. The topological polar surface area (TPSA) is 64.4 Å². The van der Waals surface area contributed by atoms with Crippen LogP contribution >= 0.6 is 23.2 Å². The van der Waals surface area contributed by atoms with Crippen molar-refractivity contribution in [2.24, 2.45) is 0 Å². The Balaban J connectivity index is 1.54. The van der Waals surface area contributed by atoms with Gasteiger partial charge < -0.3 is 19.0 Å². The first-order chi connectivity index (χ1) is 21.1. The summed E-state index contributed by atoms with van der Waals surface area (Å²) in [6.45, 7) is 12.6. The second kappa shape index (κ2) is 15.4. The number of likely N-dealkylation sites (N-methyl/N-ethyl adjacent to an activating group) is 1. The summed E-state index contributed by atoms with van der Waals surface area (Å²) in [7, 11) is 4.16. The van der Waals surface area contributed by atoms with Gasteiger partial charge in [-0.25, -0.2) is 4.98 Å². The van der Waals surface area contributed by atoms with Crippen LogP contribution in [0.15, 0.2) is 78.3 Å². The van der Waals surface area contributed by atoms with Gasteiger partial charge in [-0.15, -0.1) is 13.2 Å². The smallest absolute Gasteiger partial charge is 0.275 e. The molecule has 0 atom stereocenters. The van der Waals surface area contributed by atoms with Gasteiger partial charge in [0.25, 0.3) is 5.91 Å². The van der Waals surface area contributed by atoms with Crippen LogP contribution in [-0.4, -0.2) is 55.7 Å². The highest BCUT2D eigenvalue weighted by Crippen LogP contribution is 2.37. The van der Waals surface area contributed by atoms with E-state index in [1.54, 1.807) is 12.1 Å². The molecule has 0 bridgehead atoms. The molecule has 0 fully saturated rings. The third-order valence-electron chi connectivity index (χ3n) is 7.42. The molecule has 44 heavy (non-hydrogen) atoms. The fourth-order valence-electron chi connectivity index (χ4n) is 5.15. The van der Waals surface area contributed by atoms with Gasteiger partial charge in [0.05, 0.1) is 37.3 Å². The van der Waals surface area contributed by atoms with Crippen molar-refractivity contribution in [1.29, 1.82) is 0 Å². The number of carbonyl (C=O) groups is 1. The van der Waals surface area contributed by atoms with E-state index in [9.17, 15) is 4.79 Å². The Bertz CT molecular complexity index is 1630. The number of hydrogen-bond acceptors (Lipinski definition) is 4. The molecule has 0 unspecified atom stereocenters. The van der Waals surface area contributed by atoms with E-state index in [0.717, 1.165) is 71.4 Å². The summed E-state index contributed by atoms with van der Waals surface area (Å²) >= 11 is 12.4. The molecule has 1 N–H and O–H groups in total. The molecule has 4 aromatic rings. The van der Waals surface area contributed by atoms with Crippen LogP contribution in [0.1, 0.15) is 37.3 Å². The van der Waals surface area contributed by atoms with Gasteiger partial charge in [0.1, 0.15) is 11.3 Å². The lowest BCUT2D eigenvalue weighted by atomic mass is 9.97. The van der Waals surface area contributed by atoms with Gasteiger partial charge in [-0.05, 0) is 78.4 Å². The number of halogens is 2. The van der Waals surface area contributed by atoms with Crippen LogP contribution in [0, 0.1) is 0 Å². The first-order valence-electron chi connectivity index (χ1n) is 15.1. The zero-order chi connectivity index (χ0) is 31.7. The summed E-state index contributed by atoms with van der Waals surface area (Å²) in [4.78, 5) is 17.1. The summed E-state index contributed by atoms with van der Waals surface area (Å²) < 4.78 is 13.2. The summed E-state index contributed by atoms with van der Waals surface area (Å²) in [5.41, 5.74) is 6.25. The van der Waals surface area contributed by atoms with E-state index in [1.165, 1.54) is 0 Å². The number of nitrogens with zero attached hydrogens (tertiary/aromatic N) is 2. The van der Waals surface area contributed by atoms with Crippen LogP contribution in [0.2, 0.25) is 10.0 Å². The van der Waals surface area contributed by atoms with Crippen LogP contribution in [-0.2, 0) is 17.6 Å². The van der Waals surface area contributed by atoms with Crippen molar-refractivity contribution in [3.8, 4) is 28.3 Å². The highest BCUT2D eigenvalue weighted by atomic mass is 35.5. The molecule has 0 saturated carbocycles. The molecule has 8 heteroatoms. The van der Waals surface area contributed by atoms with Gasteiger partial charge in [0.15, 0.2) is 12.1 Å². The third-order valence-corrected chi connectivity index (χ3v) is 8.16. The summed E-state index contributed by atoms with van der Waals surface area (Å²) in [5.74, 6) is 1.39. The molecule has 6 nitrogen and oxygen atoms in total. The molecule has 0 aliphatic carbocycles. The van der Waals surface area contributed by atoms with Crippen LogP contribution in [0.5, 0.6) is 5.75 Å². The van der Waals surface area contributed by atoms with Crippen molar-refractivity contribution in [2.45, 2.75) is 39.0 Å². The highest BCUT2D eigenvalue weighted by Gasteiger charge is 2.20. The maximum absolute atomic E-state index is 12.3. The molecule has 0 saturated heterocycles. The van der Waals surface area contributed by atoms with Gasteiger partial charge in [-0.2, -0.15) is 0 Å². The number of unbranched alkanes of at least 4 members (excludes halogenated alkanes) is 1. The summed E-state index contributed by atoms with van der Waals surface area (Å²) in [6.07, 6.45) is 8.01. The first-order valence-corrected chi connectivity index (χ1v) is 15.8. The maximum Gasteiger partial charge on any atom is 0.275 e. The lowest BCUT2D eigenvalue weighted by Gasteiger charge is -2.29. The quantitative estimate of drug-likeness (QED) is 0.0760. The van der Waals surface area contributed by atoms with Crippen molar-refractivity contribution in [1.82, 2.24) is 10.3 Å². The van der Waals surface area contributed by atoms with Crippen molar-refractivity contribution in [2.75, 3.05) is 40.3 Å². The monoisotopic (exact) mass is 634 g/mol. The van der Waals surface area contributed by atoms with Gasteiger partial charge in [0.2, 0.25) is 5.89 Å². The molecule has 0 aliphatic rings. The third kappa shape index (κ3) is 8.75. The highest BCUT2D eigenvalue weighted by molar-refractivity contribution is 6.42. The zero-order valence-corrected chi connectivity index (χ0v) is 27.4. The number of allylic oxidation sites excluding steroid dienone is 2. The van der Waals surface area contributed by atoms with Crippen molar-refractivity contribution < 1.29 is 18.4 Å². The normalized spacial score (nSPS) is 11.5. The second-order valence-electron chi connectivity index (χ2n) is 11.7. The van der Waals surface area contributed by atoms with Gasteiger partial charge in [0, 0.05) is 24.1 Å². The zero-order valence-electron chi connectivity index (χ0n) is 25.9. The van der Waals surface area contributed by atoms with Crippen LogP contribution in [0.3, 0.4) is 0 Å². The lowest BCUT2D eigenvalue weighted by molar-refractivity contribution is -0.882. The lowest BCUT2D eigenvalue weighted by Crippen LogP contribution is -2.48. The number of benzene rings is 3. The standard InChI is InChI=1S/C36H41Cl2N3O3/c1-6-9-17-39-34(42)24-41(4,5)18-10-19-43-33-16-14-26(22-27(33)12-8-3)29-20-25(11-7-2)21-32-35(29)44-36(40-32)28-13-15-30(37)31(38)23-28/h7-8,13-16,20-23H,2-3,6,9-12,17-19,24H2,1,4-5H3/p+1. The van der Waals surface area contributed by atoms with E-state index in [1.807, 2.05) is 30.4 Å². The van der Waals surface area contributed by atoms with Crippen LogP contribution in [0.4, 0.5) is 0 Å². The van der Waals surface area contributed by atoms with E-state index in [0.29, 0.717) is 52.0 Å². The largest absolute Gasteiger partial charge is 0.493 e. The molecule has 0 spiro atoms. The van der Waals surface area contributed by atoms with Crippen molar-refractivity contribution in [3.63, 3.8) is 0 Å². The number of fused-ring (bicyclic) bond motifs is 1. The predicted octanol–water partition coefficient (Wildman–Crippen LogP) is 8.69. The Morgan fingerprint density at radius 2 is 1.77 bits per heavy atom. The number of hydrogen-bond donors (Lipinski definition) is 1. The molecule has 1 aromatic heterocycles. The second-order valence-corrected chi connectivity index (χ2v) is 12.5. The minimum atomic E-state index is 0.0929. The molecule has 1 amide bonds. The fraction of sp³-hybridized carbons (Fsp3) is 0.333. The number of rotatable bonds is 16. The van der Waals surface area contributed by atoms with Crippen molar-refractivity contribution >= 4 is 40.2 Å².